The smallest absolute Gasteiger partial charge is 0.194 e. The Bertz CT molecular complexity index is 578. The monoisotopic (exact) mass is 357 g/mol. The van der Waals surface area contributed by atoms with Crippen LogP contribution in [0.2, 0.25) is 0 Å². The van der Waals surface area contributed by atoms with E-state index in [-0.39, 0.29) is 5.75 Å². The maximum absolute atomic E-state index is 12.7. The largest absolute Gasteiger partial charge is 0.388 e. The van der Waals surface area contributed by atoms with Crippen LogP contribution < -0.4 is 5.32 Å². The standard InChI is InChI=1S/C17H31N3O3S/c1-2-18-15(19-13-16(21)7-6-8-16)20-11-12-24(22,23)17(14-20)9-4-3-5-10-17/h21H,2-14H2,1H3,(H,18,19). The van der Waals surface area contributed by atoms with Crippen molar-refractivity contribution in [2.24, 2.45) is 4.99 Å². The lowest BCUT2D eigenvalue weighted by atomic mass is 9.80. The van der Waals surface area contributed by atoms with Gasteiger partial charge in [0.15, 0.2) is 15.8 Å². The molecule has 1 spiro atoms. The Hall–Kier alpha value is -0.820. The molecule has 1 saturated heterocycles. The molecule has 0 unspecified atom stereocenters. The zero-order valence-corrected chi connectivity index (χ0v) is 15.6. The number of hydrogen-bond donors (Lipinski definition) is 2. The summed E-state index contributed by atoms with van der Waals surface area (Å²) in [6.45, 7) is 4.21. The molecule has 6 nitrogen and oxygen atoms in total. The summed E-state index contributed by atoms with van der Waals surface area (Å²) in [6.07, 6.45) is 7.37. The van der Waals surface area contributed by atoms with E-state index in [0.29, 0.717) is 19.6 Å². The summed E-state index contributed by atoms with van der Waals surface area (Å²) < 4.78 is 24.9. The quantitative estimate of drug-likeness (QED) is 0.588. The second-order valence-electron chi connectivity index (χ2n) is 7.73. The second-order valence-corrected chi connectivity index (χ2v) is 10.2. The summed E-state index contributed by atoms with van der Waals surface area (Å²) in [7, 11) is -3.04. The van der Waals surface area contributed by atoms with Gasteiger partial charge in [0.2, 0.25) is 0 Å². The number of rotatable bonds is 3. The van der Waals surface area contributed by atoms with Crippen LogP contribution in [0, 0.1) is 0 Å². The molecule has 0 atom stereocenters. The molecule has 7 heteroatoms. The maximum atomic E-state index is 12.7. The molecule has 0 radical (unpaired) electrons. The molecule has 24 heavy (non-hydrogen) atoms. The zero-order chi connectivity index (χ0) is 17.3. The van der Waals surface area contributed by atoms with E-state index in [1.165, 1.54) is 0 Å². The molecule has 1 aliphatic heterocycles. The molecule has 2 saturated carbocycles. The van der Waals surface area contributed by atoms with Gasteiger partial charge in [-0.3, -0.25) is 4.99 Å². The van der Waals surface area contributed by atoms with E-state index in [2.05, 4.69) is 15.2 Å². The molecule has 0 aromatic carbocycles. The first kappa shape index (κ1) is 18.0. The molecule has 0 bridgehead atoms. The van der Waals surface area contributed by atoms with Gasteiger partial charge < -0.3 is 15.3 Å². The summed E-state index contributed by atoms with van der Waals surface area (Å²) in [6, 6.07) is 0. The van der Waals surface area contributed by atoms with Crippen molar-refractivity contribution in [2.75, 3.05) is 31.9 Å². The summed E-state index contributed by atoms with van der Waals surface area (Å²) in [5.74, 6) is 0.972. The van der Waals surface area contributed by atoms with Crippen molar-refractivity contribution < 1.29 is 13.5 Å². The van der Waals surface area contributed by atoms with Crippen molar-refractivity contribution in [2.45, 2.75) is 68.6 Å². The molecule has 0 amide bonds. The lowest BCUT2D eigenvalue weighted by Gasteiger charge is -2.45. The van der Waals surface area contributed by atoms with Crippen molar-refractivity contribution in [3.8, 4) is 0 Å². The van der Waals surface area contributed by atoms with Gasteiger partial charge >= 0.3 is 0 Å². The van der Waals surface area contributed by atoms with Crippen LogP contribution in [0.4, 0.5) is 0 Å². The Morgan fingerprint density at radius 3 is 2.46 bits per heavy atom. The average molecular weight is 358 g/mol. The minimum atomic E-state index is -3.04. The average Bonchev–Trinajstić information content (AvgIpc) is 2.53. The summed E-state index contributed by atoms with van der Waals surface area (Å²) in [5, 5.41) is 13.6. The highest BCUT2D eigenvalue weighted by molar-refractivity contribution is 7.92. The third-order valence-corrected chi connectivity index (χ3v) is 8.55. The highest BCUT2D eigenvalue weighted by atomic mass is 32.2. The first-order chi connectivity index (χ1) is 11.4. The minimum absolute atomic E-state index is 0.210. The Kier molecular flexibility index (Phi) is 5.12. The van der Waals surface area contributed by atoms with Crippen LogP contribution in [-0.2, 0) is 9.84 Å². The number of aliphatic hydroxyl groups is 1. The number of aliphatic imine (C=N–C) groups is 1. The van der Waals surface area contributed by atoms with Crippen LogP contribution in [0.15, 0.2) is 4.99 Å². The molecule has 2 N–H and O–H groups in total. The van der Waals surface area contributed by atoms with Crippen LogP contribution in [-0.4, -0.2) is 66.7 Å². The Morgan fingerprint density at radius 1 is 1.17 bits per heavy atom. The number of sulfone groups is 1. The Labute approximate surface area is 145 Å². The fraction of sp³-hybridized carbons (Fsp3) is 0.941. The fourth-order valence-corrected chi connectivity index (χ4v) is 6.37. The second kappa shape index (κ2) is 6.83. The Morgan fingerprint density at radius 2 is 1.88 bits per heavy atom. The van der Waals surface area contributed by atoms with Gasteiger partial charge in [-0.15, -0.1) is 0 Å². The van der Waals surface area contributed by atoms with Gasteiger partial charge in [-0.25, -0.2) is 8.42 Å². The van der Waals surface area contributed by atoms with Crippen molar-refractivity contribution in [3.63, 3.8) is 0 Å². The van der Waals surface area contributed by atoms with E-state index < -0.39 is 20.2 Å². The van der Waals surface area contributed by atoms with Crippen molar-refractivity contribution >= 4 is 15.8 Å². The molecular formula is C17H31N3O3S. The molecule has 0 aromatic rings. The first-order valence-electron chi connectivity index (χ1n) is 9.38. The molecular weight excluding hydrogens is 326 g/mol. The number of hydrogen-bond acceptors (Lipinski definition) is 4. The minimum Gasteiger partial charge on any atom is -0.388 e. The van der Waals surface area contributed by atoms with E-state index >= 15 is 0 Å². The van der Waals surface area contributed by atoms with E-state index in [1.54, 1.807) is 0 Å². The number of guanidine groups is 1. The summed E-state index contributed by atoms with van der Waals surface area (Å²) in [5.41, 5.74) is -0.648. The van der Waals surface area contributed by atoms with Gasteiger partial charge in [-0.05, 0) is 39.0 Å². The van der Waals surface area contributed by atoms with Gasteiger partial charge in [-0.2, -0.15) is 0 Å². The third-order valence-electron chi connectivity index (χ3n) is 5.98. The van der Waals surface area contributed by atoms with E-state index in [9.17, 15) is 13.5 Å². The number of nitrogens with one attached hydrogen (secondary N) is 1. The van der Waals surface area contributed by atoms with Crippen LogP contribution in [0.3, 0.4) is 0 Å². The van der Waals surface area contributed by atoms with E-state index in [0.717, 1.165) is 63.9 Å². The van der Waals surface area contributed by atoms with Crippen molar-refractivity contribution in [3.05, 3.63) is 0 Å². The van der Waals surface area contributed by atoms with E-state index in [4.69, 9.17) is 0 Å². The lowest BCUT2D eigenvalue weighted by Crippen LogP contribution is -2.60. The SMILES string of the molecule is CCNC(=NCC1(O)CCC1)N1CCS(=O)(=O)C2(CCCCC2)C1. The molecule has 1 heterocycles. The molecule has 3 fully saturated rings. The van der Waals surface area contributed by atoms with Crippen molar-refractivity contribution in [1.29, 1.82) is 0 Å². The van der Waals surface area contributed by atoms with Crippen LogP contribution in [0.25, 0.3) is 0 Å². The van der Waals surface area contributed by atoms with Crippen molar-refractivity contribution in [1.82, 2.24) is 10.2 Å². The van der Waals surface area contributed by atoms with Gasteiger partial charge in [0.25, 0.3) is 0 Å². The Balaban J connectivity index is 1.77. The molecule has 3 aliphatic rings. The lowest BCUT2D eigenvalue weighted by molar-refractivity contribution is -0.0237. The normalized spacial score (nSPS) is 28.4. The maximum Gasteiger partial charge on any atom is 0.194 e. The van der Waals surface area contributed by atoms with Gasteiger partial charge in [-0.1, -0.05) is 19.3 Å². The van der Waals surface area contributed by atoms with Crippen LogP contribution in [0.5, 0.6) is 0 Å². The first-order valence-corrected chi connectivity index (χ1v) is 11.0. The van der Waals surface area contributed by atoms with Crippen LogP contribution in [0.1, 0.15) is 58.3 Å². The van der Waals surface area contributed by atoms with Crippen LogP contribution >= 0.6 is 0 Å². The third kappa shape index (κ3) is 3.43. The topological polar surface area (TPSA) is 82.0 Å². The van der Waals surface area contributed by atoms with Gasteiger partial charge in [0.05, 0.1) is 22.6 Å². The predicted molar refractivity (Wildman–Crippen MR) is 96.0 cm³/mol. The summed E-state index contributed by atoms with van der Waals surface area (Å²) >= 11 is 0. The predicted octanol–water partition coefficient (Wildman–Crippen LogP) is 1.30. The molecule has 3 rings (SSSR count). The highest BCUT2D eigenvalue weighted by Gasteiger charge is 2.48. The van der Waals surface area contributed by atoms with Gasteiger partial charge in [0, 0.05) is 19.6 Å². The number of nitrogens with zero attached hydrogens (tertiary/aromatic N) is 2. The molecule has 138 valence electrons. The fourth-order valence-electron chi connectivity index (χ4n) is 4.21. The molecule has 2 aliphatic carbocycles. The highest BCUT2D eigenvalue weighted by Crippen LogP contribution is 2.39. The van der Waals surface area contributed by atoms with E-state index in [1.807, 2.05) is 6.92 Å². The van der Waals surface area contributed by atoms with Gasteiger partial charge in [0.1, 0.15) is 0 Å². The summed E-state index contributed by atoms with van der Waals surface area (Å²) in [4.78, 5) is 6.75. The zero-order valence-electron chi connectivity index (χ0n) is 14.8. The molecule has 0 aromatic heterocycles.